The van der Waals surface area contributed by atoms with Gasteiger partial charge in [-0.3, -0.25) is 0 Å². The molecule has 1 aromatic carbocycles. The molecule has 0 aromatic heterocycles. The van der Waals surface area contributed by atoms with Gasteiger partial charge in [0.05, 0.1) is 5.02 Å². The highest BCUT2D eigenvalue weighted by atomic mass is 35.5. The van der Waals surface area contributed by atoms with Gasteiger partial charge >= 0.3 is 0 Å². The van der Waals surface area contributed by atoms with Crippen LogP contribution >= 0.6 is 11.6 Å². The van der Waals surface area contributed by atoms with Crippen LogP contribution in [0, 0.1) is 0 Å². The van der Waals surface area contributed by atoms with Gasteiger partial charge in [-0.25, -0.2) is 0 Å². The molecule has 0 saturated heterocycles. The normalized spacial score (nSPS) is 14.0. The number of rotatable bonds is 5. The number of fused-ring (bicyclic) bond motifs is 1. The minimum absolute atomic E-state index is 0.137. The predicted molar refractivity (Wildman–Crippen MR) is 73.4 cm³/mol. The summed E-state index contributed by atoms with van der Waals surface area (Å²) < 4.78 is 10.7. The molecule has 1 aliphatic heterocycles. The van der Waals surface area contributed by atoms with Gasteiger partial charge in [-0.05, 0) is 38.0 Å². The van der Waals surface area contributed by atoms with Gasteiger partial charge in [0.2, 0.25) is 6.79 Å². The molecule has 1 aromatic rings. The molecule has 18 heavy (non-hydrogen) atoms. The molecular formula is C14H20ClNO2. The zero-order valence-corrected chi connectivity index (χ0v) is 11.9. The molecule has 0 unspecified atom stereocenters. The van der Waals surface area contributed by atoms with Crippen LogP contribution in [0.15, 0.2) is 12.1 Å². The van der Waals surface area contributed by atoms with Crippen molar-refractivity contribution < 1.29 is 9.47 Å². The lowest BCUT2D eigenvalue weighted by atomic mass is 9.98. The van der Waals surface area contributed by atoms with E-state index in [4.69, 9.17) is 21.1 Å². The maximum absolute atomic E-state index is 6.15. The Morgan fingerprint density at radius 2 is 2.11 bits per heavy atom. The van der Waals surface area contributed by atoms with Gasteiger partial charge in [0.1, 0.15) is 0 Å². The van der Waals surface area contributed by atoms with Crippen LogP contribution in [-0.2, 0) is 6.54 Å². The molecule has 0 amide bonds. The quantitative estimate of drug-likeness (QED) is 0.883. The van der Waals surface area contributed by atoms with Crippen LogP contribution in [0.5, 0.6) is 11.5 Å². The van der Waals surface area contributed by atoms with E-state index in [2.05, 4.69) is 26.1 Å². The van der Waals surface area contributed by atoms with Crippen LogP contribution < -0.4 is 14.8 Å². The molecule has 0 bridgehead atoms. The number of hydrogen-bond donors (Lipinski definition) is 1. The van der Waals surface area contributed by atoms with E-state index in [0.717, 1.165) is 24.3 Å². The van der Waals surface area contributed by atoms with Crippen molar-refractivity contribution in [2.24, 2.45) is 0 Å². The molecule has 0 spiro atoms. The van der Waals surface area contributed by atoms with Crippen LogP contribution in [0.1, 0.15) is 39.2 Å². The summed E-state index contributed by atoms with van der Waals surface area (Å²) in [6.07, 6.45) is 2.31. The number of halogens is 1. The molecule has 3 nitrogen and oxygen atoms in total. The lowest BCUT2D eigenvalue weighted by molar-refractivity contribution is 0.174. The van der Waals surface area contributed by atoms with Gasteiger partial charge in [0.25, 0.3) is 0 Å². The van der Waals surface area contributed by atoms with Crippen molar-refractivity contribution in [3.63, 3.8) is 0 Å². The Morgan fingerprint density at radius 1 is 1.33 bits per heavy atom. The summed E-state index contributed by atoms with van der Waals surface area (Å²) in [5, 5.41) is 4.16. The van der Waals surface area contributed by atoms with Crippen LogP contribution in [-0.4, -0.2) is 12.3 Å². The Bertz CT molecular complexity index is 432. The summed E-state index contributed by atoms with van der Waals surface area (Å²) in [5.41, 5.74) is 1.26. The molecule has 4 heteroatoms. The molecule has 1 heterocycles. The highest BCUT2D eigenvalue weighted by Gasteiger charge is 2.20. The van der Waals surface area contributed by atoms with Crippen molar-refractivity contribution in [3.8, 4) is 11.5 Å². The first-order valence-electron chi connectivity index (χ1n) is 6.35. The van der Waals surface area contributed by atoms with Crippen molar-refractivity contribution in [2.75, 3.05) is 6.79 Å². The number of hydrogen-bond acceptors (Lipinski definition) is 3. The standard InChI is InChI=1S/C14H20ClNO2/c1-4-5-14(2,3)16-8-10-6-11(15)13-12(7-10)17-9-18-13/h6-7,16H,4-5,8-9H2,1-3H3. The lowest BCUT2D eigenvalue weighted by Crippen LogP contribution is -2.38. The fourth-order valence-corrected chi connectivity index (χ4v) is 2.47. The van der Waals surface area contributed by atoms with E-state index < -0.39 is 0 Å². The second-order valence-corrected chi connectivity index (χ2v) is 5.71. The Morgan fingerprint density at radius 3 is 2.83 bits per heavy atom. The Balaban J connectivity index is 2.04. The van der Waals surface area contributed by atoms with Crippen LogP contribution in [0.25, 0.3) is 0 Å². The van der Waals surface area contributed by atoms with E-state index in [0.29, 0.717) is 10.8 Å². The molecule has 2 rings (SSSR count). The highest BCUT2D eigenvalue weighted by Crippen LogP contribution is 2.39. The molecule has 100 valence electrons. The van der Waals surface area contributed by atoms with Gasteiger partial charge < -0.3 is 14.8 Å². The number of nitrogens with one attached hydrogen (secondary N) is 1. The molecular weight excluding hydrogens is 250 g/mol. The van der Waals surface area contributed by atoms with Crippen molar-refractivity contribution >= 4 is 11.6 Å². The Labute approximate surface area is 113 Å². The fraction of sp³-hybridized carbons (Fsp3) is 0.571. The van der Waals surface area contributed by atoms with Gasteiger partial charge in [-0.2, -0.15) is 0 Å². The van der Waals surface area contributed by atoms with Crippen molar-refractivity contribution in [3.05, 3.63) is 22.7 Å². The summed E-state index contributed by atoms with van der Waals surface area (Å²) in [5.74, 6) is 1.40. The largest absolute Gasteiger partial charge is 0.454 e. The molecule has 0 fully saturated rings. The van der Waals surface area contributed by atoms with E-state index in [1.54, 1.807) is 0 Å². The van der Waals surface area contributed by atoms with Gasteiger partial charge in [-0.1, -0.05) is 24.9 Å². The summed E-state index contributed by atoms with van der Waals surface area (Å²) in [4.78, 5) is 0. The maximum Gasteiger partial charge on any atom is 0.231 e. The molecule has 1 N–H and O–H groups in total. The molecule has 0 radical (unpaired) electrons. The Kier molecular flexibility index (Phi) is 4.03. The van der Waals surface area contributed by atoms with Crippen LogP contribution in [0.4, 0.5) is 0 Å². The SMILES string of the molecule is CCCC(C)(C)NCc1cc(Cl)c2c(c1)OCO2. The topological polar surface area (TPSA) is 30.5 Å². The van der Waals surface area contributed by atoms with Gasteiger partial charge in [-0.15, -0.1) is 0 Å². The average Bonchev–Trinajstić information content (AvgIpc) is 2.75. The first-order valence-corrected chi connectivity index (χ1v) is 6.73. The first kappa shape index (κ1) is 13.5. The summed E-state index contributed by atoms with van der Waals surface area (Å²) >= 11 is 6.15. The Hall–Kier alpha value is -0.930. The lowest BCUT2D eigenvalue weighted by Gasteiger charge is -2.26. The van der Waals surface area contributed by atoms with E-state index in [-0.39, 0.29) is 12.3 Å². The second kappa shape index (κ2) is 5.37. The summed E-state index contributed by atoms with van der Waals surface area (Å²) in [6.45, 7) is 7.66. The third kappa shape index (κ3) is 3.09. The summed E-state index contributed by atoms with van der Waals surface area (Å²) in [7, 11) is 0. The third-order valence-electron chi connectivity index (χ3n) is 3.13. The number of ether oxygens (including phenoxy) is 2. The van der Waals surface area contributed by atoms with E-state index in [1.807, 2.05) is 12.1 Å². The van der Waals surface area contributed by atoms with E-state index in [9.17, 15) is 0 Å². The molecule has 0 aliphatic carbocycles. The first-order chi connectivity index (χ1) is 8.52. The van der Waals surface area contributed by atoms with E-state index >= 15 is 0 Å². The number of benzene rings is 1. The zero-order chi connectivity index (χ0) is 13.2. The third-order valence-corrected chi connectivity index (χ3v) is 3.41. The van der Waals surface area contributed by atoms with Crippen molar-refractivity contribution in [1.82, 2.24) is 5.32 Å². The van der Waals surface area contributed by atoms with Crippen LogP contribution in [0.3, 0.4) is 0 Å². The highest BCUT2D eigenvalue weighted by molar-refractivity contribution is 6.32. The maximum atomic E-state index is 6.15. The van der Waals surface area contributed by atoms with E-state index in [1.165, 1.54) is 6.42 Å². The smallest absolute Gasteiger partial charge is 0.231 e. The monoisotopic (exact) mass is 269 g/mol. The summed E-state index contributed by atoms with van der Waals surface area (Å²) in [6, 6.07) is 3.92. The molecule has 1 aliphatic rings. The van der Waals surface area contributed by atoms with Crippen molar-refractivity contribution in [1.29, 1.82) is 0 Å². The molecule has 0 saturated carbocycles. The predicted octanol–water partition coefficient (Wildman–Crippen LogP) is 3.74. The molecule has 0 atom stereocenters. The zero-order valence-electron chi connectivity index (χ0n) is 11.2. The second-order valence-electron chi connectivity index (χ2n) is 5.30. The minimum atomic E-state index is 0.137. The van der Waals surface area contributed by atoms with Crippen molar-refractivity contribution in [2.45, 2.75) is 45.7 Å². The van der Waals surface area contributed by atoms with Crippen LogP contribution in [0.2, 0.25) is 5.02 Å². The fourth-order valence-electron chi connectivity index (χ4n) is 2.18. The van der Waals surface area contributed by atoms with Gasteiger partial charge in [0.15, 0.2) is 11.5 Å². The average molecular weight is 270 g/mol. The minimum Gasteiger partial charge on any atom is -0.454 e. The van der Waals surface area contributed by atoms with Gasteiger partial charge in [0, 0.05) is 12.1 Å².